The van der Waals surface area contributed by atoms with Crippen molar-refractivity contribution in [3.05, 3.63) is 106 Å². The van der Waals surface area contributed by atoms with E-state index >= 15 is 0 Å². The van der Waals surface area contributed by atoms with Gasteiger partial charge < -0.3 is 10.2 Å². The Labute approximate surface area is 188 Å². The molecule has 1 N–H and O–H groups in total. The van der Waals surface area contributed by atoms with Crippen LogP contribution in [0.3, 0.4) is 0 Å². The van der Waals surface area contributed by atoms with Crippen LogP contribution in [0.25, 0.3) is 0 Å². The molecule has 3 aromatic rings. The minimum atomic E-state index is -0.635. The van der Waals surface area contributed by atoms with Crippen molar-refractivity contribution in [1.82, 2.24) is 10.2 Å². The summed E-state index contributed by atoms with van der Waals surface area (Å²) in [6, 6.07) is 24.4. The van der Waals surface area contributed by atoms with Crippen LogP contribution >= 0.6 is 11.6 Å². The molecular formula is C26H27ClN2O2. The first-order valence-electron chi connectivity index (χ1n) is 10.3. The number of rotatable bonds is 8. The number of amides is 2. The zero-order valence-electron chi connectivity index (χ0n) is 17.8. The van der Waals surface area contributed by atoms with Gasteiger partial charge in [-0.3, -0.25) is 9.59 Å². The molecule has 0 fully saturated rings. The first-order chi connectivity index (χ1) is 15.0. The van der Waals surface area contributed by atoms with E-state index in [4.69, 9.17) is 11.6 Å². The summed E-state index contributed by atoms with van der Waals surface area (Å²) >= 11 is 6.17. The highest BCUT2D eigenvalue weighted by Crippen LogP contribution is 2.19. The van der Waals surface area contributed by atoms with Crippen molar-refractivity contribution in [2.75, 3.05) is 7.05 Å². The summed E-state index contributed by atoms with van der Waals surface area (Å²) in [5.41, 5.74) is 3.93. The van der Waals surface area contributed by atoms with Gasteiger partial charge in [-0.05, 0) is 35.7 Å². The molecule has 0 heterocycles. The lowest BCUT2D eigenvalue weighted by Crippen LogP contribution is -2.50. The van der Waals surface area contributed by atoms with Gasteiger partial charge in [-0.2, -0.15) is 0 Å². The summed E-state index contributed by atoms with van der Waals surface area (Å²) in [6.07, 6.45) is 0.657. The number of benzene rings is 3. The lowest BCUT2D eigenvalue weighted by Gasteiger charge is -2.31. The number of likely N-dealkylation sites (N-methyl/N-ethyl adjacent to an activating group) is 1. The molecule has 0 aliphatic carbocycles. The van der Waals surface area contributed by atoms with E-state index in [1.807, 2.05) is 79.7 Å². The molecule has 0 aliphatic heterocycles. The molecule has 0 radical (unpaired) electrons. The van der Waals surface area contributed by atoms with Gasteiger partial charge in [-0.15, -0.1) is 0 Å². The number of halogens is 1. The molecule has 160 valence electrons. The Bertz CT molecular complexity index is 1020. The van der Waals surface area contributed by atoms with Crippen LogP contribution in [0.2, 0.25) is 5.02 Å². The average molecular weight is 435 g/mol. The van der Waals surface area contributed by atoms with Gasteiger partial charge in [0.15, 0.2) is 0 Å². The van der Waals surface area contributed by atoms with Gasteiger partial charge in [0.05, 0.1) is 6.42 Å². The van der Waals surface area contributed by atoms with Crippen molar-refractivity contribution in [3.63, 3.8) is 0 Å². The number of hydrogen-bond donors (Lipinski definition) is 1. The van der Waals surface area contributed by atoms with Crippen molar-refractivity contribution in [2.45, 2.75) is 32.4 Å². The molecule has 1 unspecified atom stereocenters. The third kappa shape index (κ3) is 6.43. The molecule has 0 bridgehead atoms. The maximum atomic E-state index is 13.5. The van der Waals surface area contributed by atoms with Gasteiger partial charge in [0.1, 0.15) is 6.04 Å². The lowest BCUT2D eigenvalue weighted by atomic mass is 10.0. The Kier molecular flexibility index (Phi) is 7.85. The normalized spacial score (nSPS) is 11.6. The van der Waals surface area contributed by atoms with Crippen molar-refractivity contribution < 1.29 is 9.59 Å². The third-order valence-electron chi connectivity index (χ3n) is 5.24. The van der Waals surface area contributed by atoms with E-state index < -0.39 is 6.04 Å². The summed E-state index contributed by atoms with van der Waals surface area (Å²) in [5, 5.41) is 3.33. The Balaban J connectivity index is 1.93. The van der Waals surface area contributed by atoms with E-state index in [1.165, 1.54) is 0 Å². The van der Waals surface area contributed by atoms with Gasteiger partial charge in [0, 0.05) is 25.0 Å². The number of aryl methyl sites for hydroxylation is 1. The largest absolute Gasteiger partial charge is 0.357 e. The SMILES string of the molecule is CNC(=O)C(Cc1ccccc1)N(Cc1cccc(Cl)c1)C(=O)Cc1ccc(C)cc1. The molecule has 0 aromatic heterocycles. The fourth-order valence-corrected chi connectivity index (χ4v) is 3.75. The lowest BCUT2D eigenvalue weighted by molar-refractivity contribution is -0.140. The molecule has 5 heteroatoms. The van der Waals surface area contributed by atoms with Crippen LogP contribution < -0.4 is 5.32 Å². The van der Waals surface area contributed by atoms with E-state index in [0.717, 1.165) is 22.3 Å². The molecule has 31 heavy (non-hydrogen) atoms. The summed E-state index contributed by atoms with van der Waals surface area (Å²) < 4.78 is 0. The first kappa shape index (κ1) is 22.6. The maximum absolute atomic E-state index is 13.5. The quantitative estimate of drug-likeness (QED) is 0.564. The molecule has 0 aliphatic rings. The molecule has 0 saturated carbocycles. The fourth-order valence-electron chi connectivity index (χ4n) is 3.53. The number of carbonyl (C=O) groups excluding carboxylic acids is 2. The molecule has 3 aromatic carbocycles. The topological polar surface area (TPSA) is 49.4 Å². The molecular weight excluding hydrogens is 408 g/mol. The first-order valence-corrected chi connectivity index (χ1v) is 10.7. The minimum absolute atomic E-state index is 0.103. The Morgan fingerprint density at radius 2 is 1.58 bits per heavy atom. The highest BCUT2D eigenvalue weighted by atomic mass is 35.5. The standard InChI is InChI=1S/C26H27ClN2O2/c1-19-11-13-21(14-12-19)17-25(30)29(18-22-9-6-10-23(27)15-22)24(26(31)28-2)16-20-7-4-3-5-8-20/h3-15,24H,16-18H2,1-2H3,(H,28,31). The van der Waals surface area contributed by atoms with Crippen LogP contribution in [-0.4, -0.2) is 29.8 Å². The predicted octanol–water partition coefficient (Wildman–Crippen LogP) is 4.58. The molecule has 1 atom stereocenters. The zero-order valence-corrected chi connectivity index (χ0v) is 18.6. The van der Waals surface area contributed by atoms with Crippen LogP contribution in [0.1, 0.15) is 22.3 Å². The van der Waals surface area contributed by atoms with Crippen LogP contribution in [0.5, 0.6) is 0 Å². The Hall–Kier alpha value is -3.11. The van der Waals surface area contributed by atoms with Gasteiger partial charge in [0.2, 0.25) is 11.8 Å². The summed E-state index contributed by atoms with van der Waals surface area (Å²) in [5.74, 6) is -0.295. The highest BCUT2D eigenvalue weighted by molar-refractivity contribution is 6.30. The van der Waals surface area contributed by atoms with Gasteiger partial charge in [0.25, 0.3) is 0 Å². The number of nitrogens with zero attached hydrogens (tertiary/aromatic N) is 1. The molecule has 2 amide bonds. The van der Waals surface area contributed by atoms with Crippen molar-refractivity contribution in [3.8, 4) is 0 Å². The second kappa shape index (κ2) is 10.8. The Morgan fingerprint density at radius 3 is 2.23 bits per heavy atom. The van der Waals surface area contributed by atoms with E-state index in [1.54, 1.807) is 18.0 Å². The van der Waals surface area contributed by atoms with Crippen molar-refractivity contribution in [2.24, 2.45) is 0 Å². The number of nitrogens with one attached hydrogen (secondary N) is 1. The fraction of sp³-hybridized carbons (Fsp3) is 0.231. The second-order valence-electron chi connectivity index (χ2n) is 7.63. The van der Waals surface area contributed by atoms with Crippen molar-refractivity contribution >= 4 is 23.4 Å². The minimum Gasteiger partial charge on any atom is -0.357 e. The zero-order chi connectivity index (χ0) is 22.2. The monoisotopic (exact) mass is 434 g/mol. The summed E-state index contributed by atoms with van der Waals surface area (Å²) in [7, 11) is 1.60. The highest BCUT2D eigenvalue weighted by Gasteiger charge is 2.29. The predicted molar refractivity (Wildman–Crippen MR) is 125 cm³/mol. The average Bonchev–Trinajstić information content (AvgIpc) is 2.78. The molecule has 0 saturated heterocycles. The Morgan fingerprint density at radius 1 is 0.903 bits per heavy atom. The number of hydrogen-bond acceptors (Lipinski definition) is 2. The van der Waals surface area contributed by atoms with Crippen LogP contribution in [0, 0.1) is 6.92 Å². The molecule has 3 rings (SSSR count). The second-order valence-corrected chi connectivity index (χ2v) is 8.07. The van der Waals surface area contributed by atoms with Crippen LogP contribution in [0.4, 0.5) is 0 Å². The van der Waals surface area contributed by atoms with Crippen LogP contribution in [-0.2, 0) is 29.0 Å². The van der Waals surface area contributed by atoms with E-state index in [9.17, 15) is 9.59 Å². The summed E-state index contributed by atoms with van der Waals surface area (Å²) in [6.45, 7) is 2.31. The summed E-state index contributed by atoms with van der Waals surface area (Å²) in [4.78, 5) is 28.0. The smallest absolute Gasteiger partial charge is 0.242 e. The number of carbonyl (C=O) groups is 2. The van der Waals surface area contributed by atoms with E-state index in [2.05, 4.69) is 5.32 Å². The van der Waals surface area contributed by atoms with E-state index in [0.29, 0.717) is 18.0 Å². The molecule has 0 spiro atoms. The van der Waals surface area contributed by atoms with Gasteiger partial charge in [-0.1, -0.05) is 83.9 Å². The maximum Gasteiger partial charge on any atom is 0.242 e. The van der Waals surface area contributed by atoms with Gasteiger partial charge in [-0.25, -0.2) is 0 Å². The van der Waals surface area contributed by atoms with E-state index in [-0.39, 0.29) is 18.2 Å². The molecule has 4 nitrogen and oxygen atoms in total. The third-order valence-corrected chi connectivity index (χ3v) is 5.47. The van der Waals surface area contributed by atoms with Crippen LogP contribution in [0.15, 0.2) is 78.9 Å². The van der Waals surface area contributed by atoms with Gasteiger partial charge >= 0.3 is 0 Å². The van der Waals surface area contributed by atoms with Crippen molar-refractivity contribution in [1.29, 1.82) is 0 Å².